The summed E-state index contributed by atoms with van der Waals surface area (Å²) in [6, 6.07) is 0.312. The Morgan fingerprint density at radius 3 is 2.56 bits per heavy atom. The molecule has 1 atom stereocenters. The van der Waals surface area contributed by atoms with Crippen LogP contribution in [0.5, 0.6) is 0 Å². The third-order valence-corrected chi connectivity index (χ3v) is 3.75. The molecule has 0 aromatic carbocycles. The molecule has 102 valence electrons. The van der Waals surface area contributed by atoms with Crippen LogP contribution in [-0.4, -0.2) is 59.0 Å². The van der Waals surface area contributed by atoms with Gasteiger partial charge in [-0.25, -0.2) is 0 Å². The van der Waals surface area contributed by atoms with Gasteiger partial charge in [0, 0.05) is 19.1 Å². The Bertz CT molecular complexity index is 328. The van der Waals surface area contributed by atoms with Gasteiger partial charge in [0.1, 0.15) is 0 Å². The predicted octanol–water partition coefficient (Wildman–Crippen LogP) is 0.794. The minimum absolute atomic E-state index is 0.0141. The number of hydrogen-bond acceptors (Lipinski definition) is 3. The first-order valence-electron chi connectivity index (χ1n) is 6.80. The molecule has 1 unspecified atom stereocenters. The fourth-order valence-electron chi connectivity index (χ4n) is 2.62. The molecule has 1 N–H and O–H groups in total. The quantitative estimate of drug-likeness (QED) is 0.788. The number of carbonyl (C=O) groups excluding carboxylic acids is 1. The molecule has 0 spiro atoms. The van der Waals surface area contributed by atoms with Crippen molar-refractivity contribution >= 4 is 11.9 Å². The van der Waals surface area contributed by atoms with Crippen LogP contribution >= 0.6 is 0 Å². The van der Waals surface area contributed by atoms with E-state index in [1.165, 1.54) is 6.42 Å². The average Bonchev–Trinajstić information content (AvgIpc) is 3.11. The lowest BCUT2D eigenvalue weighted by Gasteiger charge is -2.32. The first-order valence-corrected chi connectivity index (χ1v) is 6.80. The fourth-order valence-corrected chi connectivity index (χ4v) is 2.62. The second-order valence-electron chi connectivity index (χ2n) is 5.62. The van der Waals surface area contributed by atoms with E-state index in [1.807, 2.05) is 9.80 Å². The van der Waals surface area contributed by atoms with Gasteiger partial charge in [0.05, 0.1) is 13.1 Å². The number of hydrogen-bond donors (Lipinski definition) is 1. The maximum atomic E-state index is 12.2. The fraction of sp³-hybridized carbons (Fsp3) is 0.846. The Hall–Kier alpha value is -1.10. The van der Waals surface area contributed by atoms with Gasteiger partial charge in [-0.15, -0.1) is 0 Å². The van der Waals surface area contributed by atoms with Crippen LogP contribution in [0.25, 0.3) is 0 Å². The van der Waals surface area contributed by atoms with Crippen molar-refractivity contribution in [1.29, 1.82) is 0 Å². The molecule has 2 aliphatic rings. The summed E-state index contributed by atoms with van der Waals surface area (Å²) in [5.74, 6) is -0.187. The molecule has 1 aliphatic carbocycles. The highest BCUT2D eigenvalue weighted by molar-refractivity contribution is 5.79. The largest absolute Gasteiger partial charge is 0.480 e. The molecular weight excluding hydrogens is 232 g/mol. The van der Waals surface area contributed by atoms with Crippen molar-refractivity contribution in [3.05, 3.63) is 0 Å². The number of carbonyl (C=O) groups is 2. The van der Waals surface area contributed by atoms with E-state index >= 15 is 0 Å². The average molecular weight is 254 g/mol. The van der Waals surface area contributed by atoms with E-state index in [9.17, 15) is 9.59 Å². The van der Waals surface area contributed by atoms with Crippen LogP contribution in [0.2, 0.25) is 0 Å². The summed E-state index contributed by atoms with van der Waals surface area (Å²) in [6.45, 7) is 4.07. The van der Waals surface area contributed by atoms with Crippen molar-refractivity contribution in [3.63, 3.8) is 0 Å². The minimum Gasteiger partial charge on any atom is -0.480 e. The molecule has 5 nitrogen and oxygen atoms in total. The minimum atomic E-state index is -0.846. The number of amides is 1. The Kier molecular flexibility index (Phi) is 4.22. The molecule has 1 amide bonds. The van der Waals surface area contributed by atoms with Gasteiger partial charge in [-0.05, 0) is 31.6 Å². The standard InChI is InChI=1S/C13H22N2O3/c1-10-3-2-6-14(7-10)12(16)8-15(9-13(17)18)11-4-5-11/h10-11H,2-9H2,1H3,(H,17,18). The number of aliphatic carboxylic acids is 1. The monoisotopic (exact) mass is 254 g/mol. The zero-order valence-corrected chi connectivity index (χ0v) is 11.0. The molecule has 0 bridgehead atoms. The molecule has 0 radical (unpaired) electrons. The second-order valence-corrected chi connectivity index (χ2v) is 5.62. The van der Waals surface area contributed by atoms with E-state index in [4.69, 9.17) is 5.11 Å². The summed E-state index contributed by atoms with van der Waals surface area (Å²) in [5.41, 5.74) is 0. The van der Waals surface area contributed by atoms with Crippen LogP contribution in [0, 0.1) is 5.92 Å². The second kappa shape index (κ2) is 5.69. The molecule has 2 rings (SSSR count). The van der Waals surface area contributed by atoms with Crippen molar-refractivity contribution in [2.75, 3.05) is 26.2 Å². The lowest BCUT2D eigenvalue weighted by molar-refractivity contribution is -0.140. The summed E-state index contributed by atoms with van der Waals surface area (Å²) < 4.78 is 0. The topological polar surface area (TPSA) is 60.9 Å². The number of carboxylic acids is 1. The third-order valence-electron chi connectivity index (χ3n) is 3.75. The number of rotatable bonds is 5. The summed E-state index contributed by atoms with van der Waals surface area (Å²) in [4.78, 5) is 26.6. The number of piperidine rings is 1. The molecule has 0 aromatic heterocycles. The maximum absolute atomic E-state index is 12.2. The zero-order valence-electron chi connectivity index (χ0n) is 11.0. The molecular formula is C13H22N2O3. The summed E-state index contributed by atoms with van der Waals surface area (Å²) >= 11 is 0. The normalized spacial score (nSPS) is 24.3. The van der Waals surface area contributed by atoms with Gasteiger partial charge in [-0.2, -0.15) is 0 Å². The van der Waals surface area contributed by atoms with Crippen molar-refractivity contribution in [2.24, 2.45) is 5.92 Å². The first-order chi connectivity index (χ1) is 8.56. The Morgan fingerprint density at radius 1 is 1.28 bits per heavy atom. The Labute approximate surface area is 108 Å². The zero-order chi connectivity index (χ0) is 13.1. The predicted molar refractivity (Wildman–Crippen MR) is 67.2 cm³/mol. The van der Waals surface area contributed by atoms with Gasteiger partial charge in [0.25, 0.3) is 0 Å². The van der Waals surface area contributed by atoms with Crippen LogP contribution in [0.1, 0.15) is 32.6 Å². The van der Waals surface area contributed by atoms with Crippen LogP contribution in [0.15, 0.2) is 0 Å². The van der Waals surface area contributed by atoms with Crippen molar-refractivity contribution in [1.82, 2.24) is 9.80 Å². The SMILES string of the molecule is CC1CCCN(C(=O)CN(CC(=O)O)C2CC2)C1. The van der Waals surface area contributed by atoms with Gasteiger partial charge in [-0.1, -0.05) is 6.92 Å². The maximum Gasteiger partial charge on any atom is 0.317 e. The number of carboxylic acid groups (broad SMARTS) is 1. The smallest absolute Gasteiger partial charge is 0.317 e. The van der Waals surface area contributed by atoms with Crippen molar-refractivity contribution < 1.29 is 14.7 Å². The van der Waals surface area contributed by atoms with Crippen LogP contribution in [0.3, 0.4) is 0 Å². The van der Waals surface area contributed by atoms with E-state index in [0.717, 1.165) is 32.4 Å². The summed E-state index contributed by atoms with van der Waals surface area (Å²) in [6.07, 6.45) is 4.30. The molecule has 5 heteroatoms. The van der Waals surface area contributed by atoms with Gasteiger partial charge in [-0.3, -0.25) is 14.5 Å². The number of nitrogens with zero attached hydrogens (tertiary/aromatic N) is 2. The lowest BCUT2D eigenvalue weighted by Crippen LogP contribution is -2.46. The highest BCUT2D eigenvalue weighted by atomic mass is 16.4. The lowest BCUT2D eigenvalue weighted by atomic mass is 10.0. The van der Waals surface area contributed by atoms with E-state index < -0.39 is 5.97 Å². The van der Waals surface area contributed by atoms with Crippen molar-refractivity contribution in [2.45, 2.75) is 38.6 Å². The van der Waals surface area contributed by atoms with E-state index in [1.54, 1.807) is 0 Å². The molecule has 2 fully saturated rings. The van der Waals surface area contributed by atoms with Crippen LogP contribution in [-0.2, 0) is 9.59 Å². The van der Waals surface area contributed by atoms with Crippen LogP contribution < -0.4 is 0 Å². The first kappa shape index (κ1) is 13.3. The number of likely N-dealkylation sites (tertiary alicyclic amines) is 1. The molecule has 1 saturated heterocycles. The van der Waals surface area contributed by atoms with Crippen LogP contribution in [0.4, 0.5) is 0 Å². The molecule has 1 saturated carbocycles. The van der Waals surface area contributed by atoms with Crippen molar-refractivity contribution in [3.8, 4) is 0 Å². The van der Waals surface area contributed by atoms with E-state index in [2.05, 4.69) is 6.92 Å². The molecule has 18 heavy (non-hydrogen) atoms. The van der Waals surface area contributed by atoms with Gasteiger partial charge in [0.15, 0.2) is 0 Å². The van der Waals surface area contributed by atoms with Gasteiger partial charge >= 0.3 is 5.97 Å². The van der Waals surface area contributed by atoms with E-state index in [-0.39, 0.29) is 19.0 Å². The van der Waals surface area contributed by atoms with E-state index in [0.29, 0.717) is 12.0 Å². The third kappa shape index (κ3) is 3.70. The molecule has 0 aromatic rings. The summed E-state index contributed by atoms with van der Waals surface area (Å²) in [5, 5.41) is 8.86. The van der Waals surface area contributed by atoms with Gasteiger partial charge < -0.3 is 10.0 Å². The molecule has 1 heterocycles. The Morgan fingerprint density at radius 2 is 2.00 bits per heavy atom. The highest BCUT2D eigenvalue weighted by Crippen LogP contribution is 2.26. The Balaban J connectivity index is 1.85. The summed E-state index contributed by atoms with van der Waals surface area (Å²) in [7, 11) is 0. The molecule has 1 aliphatic heterocycles. The highest BCUT2D eigenvalue weighted by Gasteiger charge is 2.33. The van der Waals surface area contributed by atoms with Gasteiger partial charge in [0.2, 0.25) is 5.91 Å².